The highest BCUT2D eigenvalue weighted by Crippen LogP contribution is 2.29. The molecular weight excluding hydrogens is 314 g/mol. The van der Waals surface area contributed by atoms with Crippen LogP contribution in [-0.2, 0) is 0 Å². The van der Waals surface area contributed by atoms with Gasteiger partial charge in [0.2, 0.25) is 0 Å². The topological polar surface area (TPSA) is 77.0 Å². The van der Waals surface area contributed by atoms with Gasteiger partial charge < -0.3 is 10.6 Å². The Morgan fingerprint density at radius 3 is 2.65 bits per heavy atom. The van der Waals surface area contributed by atoms with E-state index < -0.39 is 0 Å². The Balaban J connectivity index is 0.00000192. The SMILES string of the molecule is Cc1c(C(=O)N2CCC(C)(CN)C2)nnn1-c1ccccc1.Cl. The minimum Gasteiger partial charge on any atom is -0.337 e. The highest BCUT2D eigenvalue weighted by atomic mass is 35.5. The minimum atomic E-state index is -0.0585. The highest BCUT2D eigenvalue weighted by Gasteiger charge is 2.36. The quantitative estimate of drug-likeness (QED) is 0.928. The summed E-state index contributed by atoms with van der Waals surface area (Å²) in [7, 11) is 0. The van der Waals surface area contributed by atoms with Gasteiger partial charge >= 0.3 is 0 Å². The van der Waals surface area contributed by atoms with Gasteiger partial charge in [0.25, 0.3) is 5.91 Å². The zero-order valence-corrected chi connectivity index (χ0v) is 14.2. The van der Waals surface area contributed by atoms with Gasteiger partial charge in [0.1, 0.15) is 0 Å². The maximum absolute atomic E-state index is 12.7. The van der Waals surface area contributed by atoms with Crippen LogP contribution in [0, 0.1) is 12.3 Å². The van der Waals surface area contributed by atoms with Gasteiger partial charge in [-0.15, -0.1) is 17.5 Å². The lowest BCUT2D eigenvalue weighted by atomic mass is 9.90. The van der Waals surface area contributed by atoms with Crippen molar-refractivity contribution in [2.45, 2.75) is 20.3 Å². The second-order valence-corrected chi connectivity index (χ2v) is 6.26. The summed E-state index contributed by atoms with van der Waals surface area (Å²) in [5, 5.41) is 8.23. The van der Waals surface area contributed by atoms with Crippen LogP contribution in [0.4, 0.5) is 0 Å². The average Bonchev–Trinajstić information content (AvgIpc) is 3.12. The molecule has 0 spiro atoms. The summed E-state index contributed by atoms with van der Waals surface area (Å²) in [6.45, 7) is 5.99. The predicted octanol–water partition coefficient (Wildman–Crippen LogP) is 1.81. The Bertz CT molecular complexity index is 687. The standard InChI is InChI=1S/C16H21N5O.ClH/c1-12-14(15(22)20-9-8-16(2,10-17)11-20)18-19-21(12)13-6-4-3-5-7-13;/h3-7H,8-11,17H2,1-2H3;1H. The van der Waals surface area contributed by atoms with Gasteiger partial charge in [0, 0.05) is 13.1 Å². The maximum Gasteiger partial charge on any atom is 0.276 e. The zero-order chi connectivity index (χ0) is 15.7. The molecule has 1 saturated heterocycles. The number of nitrogens with two attached hydrogens (primary N) is 1. The highest BCUT2D eigenvalue weighted by molar-refractivity contribution is 5.93. The van der Waals surface area contributed by atoms with Crippen molar-refractivity contribution in [2.24, 2.45) is 11.1 Å². The van der Waals surface area contributed by atoms with Crippen molar-refractivity contribution in [2.75, 3.05) is 19.6 Å². The Labute approximate surface area is 142 Å². The summed E-state index contributed by atoms with van der Waals surface area (Å²) in [5.74, 6) is -0.0585. The molecule has 23 heavy (non-hydrogen) atoms. The summed E-state index contributed by atoms with van der Waals surface area (Å²) in [6, 6.07) is 9.70. The van der Waals surface area contributed by atoms with E-state index in [1.54, 1.807) is 4.68 Å². The number of carbonyl (C=O) groups excluding carboxylic acids is 1. The second kappa shape index (κ2) is 6.68. The number of para-hydroxylation sites is 1. The third-order valence-corrected chi connectivity index (χ3v) is 4.44. The number of benzene rings is 1. The summed E-state index contributed by atoms with van der Waals surface area (Å²) in [5.41, 5.74) is 7.91. The first kappa shape index (κ1) is 17.4. The zero-order valence-electron chi connectivity index (χ0n) is 13.4. The van der Waals surface area contributed by atoms with Crippen molar-refractivity contribution in [3.63, 3.8) is 0 Å². The Hall–Kier alpha value is -1.92. The number of rotatable bonds is 3. The first-order valence-electron chi connectivity index (χ1n) is 7.51. The van der Waals surface area contributed by atoms with Crippen LogP contribution in [0.25, 0.3) is 5.69 Å². The monoisotopic (exact) mass is 335 g/mol. The first-order valence-corrected chi connectivity index (χ1v) is 7.51. The van der Waals surface area contributed by atoms with Gasteiger partial charge in [0.15, 0.2) is 5.69 Å². The van der Waals surface area contributed by atoms with Crippen LogP contribution in [0.2, 0.25) is 0 Å². The molecule has 1 atom stereocenters. The fraction of sp³-hybridized carbons (Fsp3) is 0.438. The van der Waals surface area contributed by atoms with E-state index in [9.17, 15) is 4.79 Å². The van der Waals surface area contributed by atoms with E-state index in [0.29, 0.717) is 18.8 Å². The number of halogens is 1. The summed E-state index contributed by atoms with van der Waals surface area (Å²) in [6.07, 6.45) is 0.932. The average molecular weight is 336 g/mol. The van der Waals surface area contributed by atoms with E-state index in [0.717, 1.165) is 24.3 Å². The van der Waals surface area contributed by atoms with Gasteiger partial charge in [-0.25, -0.2) is 4.68 Å². The third-order valence-electron chi connectivity index (χ3n) is 4.44. The van der Waals surface area contributed by atoms with Crippen molar-refractivity contribution in [3.8, 4) is 5.69 Å². The van der Waals surface area contributed by atoms with Gasteiger partial charge in [0.05, 0.1) is 11.4 Å². The van der Waals surface area contributed by atoms with E-state index in [1.165, 1.54) is 0 Å². The molecule has 3 rings (SSSR count). The number of hydrogen-bond acceptors (Lipinski definition) is 4. The van der Waals surface area contributed by atoms with Crippen LogP contribution in [0.5, 0.6) is 0 Å². The molecule has 1 aliphatic rings. The molecule has 1 aromatic carbocycles. The predicted molar refractivity (Wildman–Crippen MR) is 91.0 cm³/mol. The number of hydrogen-bond donors (Lipinski definition) is 1. The Morgan fingerprint density at radius 2 is 2.04 bits per heavy atom. The Kier molecular flexibility index (Phi) is 5.06. The van der Waals surface area contributed by atoms with E-state index in [2.05, 4.69) is 17.2 Å². The Morgan fingerprint density at radius 1 is 1.35 bits per heavy atom. The van der Waals surface area contributed by atoms with Crippen molar-refractivity contribution < 1.29 is 4.79 Å². The van der Waals surface area contributed by atoms with Crippen molar-refractivity contribution in [1.82, 2.24) is 19.9 Å². The molecule has 1 aliphatic heterocycles. The lowest BCUT2D eigenvalue weighted by molar-refractivity contribution is 0.0770. The van der Waals surface area contributed by atoms with E-state index in [4.69, 9.17) is 5.73 Å². The number of carbonyl (C=O) groups is 1. The van der Waals surface area contributed by atoms with Crippen LogP contribution in [0.15, 0.2) is 30.3 Å². The number of nitrogens with zero attached hydrogens (tertiary/aromatic N) is 4. The molecule has 0 aliphatic carbocycles. The molecule has 1 amide bonds. The van der Waals surface area contributed by atoms with E-state index in [1.807, 2.05) is 42.2 Å². The molecule has 1 unspecified atom stereocenters. The van der Waals surface area contributed by atoms with Crippen LogP contribution >= 0.6 is 12.4 Å². The molecule has 2 N–H and O–H groups in total. The van der Waals surface area contributed by atoms with Crippen molar-refractivity contribution >= 4 is 18.3 Å². The molecule has 0 radical (unpaired) electrons. The van der Waals surface area contributed by atoms with Gasteiger partial charge in [-0.2, -0.15) is 0 Å². The number of amides is 1. The smallest absolute Gasteiger partial charge is 0.276 e. The molecule has 7 heteroatoms. The van der Waals surface area contributed by atoms with E-state index in [-0.39, 0.29) is 23.7 Å². The minimum absolute atomic E-state index is 0. The molecule has 1 fully saturated rings. The van der Waals surface area contributed by atoms with Crippen molar-refractivity contribution in [3.05, 3.63) is 41.7 Å². The first-order chi connectivity index (χ1) is 10.5. The number of aromatic nitrogens is 3. The summed E-state index contributed by atoms with van der Waals surface area (Å²) >= 11 is 0. The number of likely N-dealkylation sites (tertiary alicyclic amines) is 1. The van der Waals surface area contributed by atoms with Crippen LogP contribution in [0.1, 0.15) is 29.5 Å². The normalized spacial score (nSPS) is 20.4. The second-order valence-electron chi connectivity index (χ2n) is 6.26. The third kappa shape index (κ3) is 3.23. The molecule has 2 aromatic rings. The summed E-state index contributed by atoms with van der Waals surface area (Å²) < 4.78 is 1.70. The molecule has 0 saturated carbocycles. The van der Waals surface area contributed by atoms with Gasteiger partial charge in [-0.1, -0.05) is 30.3 Å². The molecule has 6 nitrogen and oxygen atoms in total. The van der Waals surface area contributed by atoms with Crippen LogP contribution < -0.4 is 5.73 Å². The largest absolute Gasteiger partial charge is 0.337 e. The molecule has 1 aromatic heterocycles. The van der Waals surface area contributed by atoms with Gasteiger partial charge in [-0.3, -0.25) is 4.79 Å². The molecule has 2 heterocycles. The summed E-state index contributed by atoms with van der Waals surface area (Å²) in [4.78, 5) is 14.5. The fourth-order valence-corrected chi connectivity index (χ4v) is 2.85. The lowest BCUT2D eigenvalue weighted by Gasteiger charge is -2.22. The molecule has 0 bridgehead atoms. The molecular formula is C16H22ClN5O. The van der Waals surface area contributed by atoms with Crippen LogP contribution in [0.3, 0.4) is 0 Å². The van der Waals surface area contributed by atoms with Gasteiger partial charge in [-0.05, 0) is 37.4 Å². The molecule has 124 valence electrons. The fourth-order valence-electron chi connectivity index (χ4n) is 2.85. The van der Waals surface area contributed by atoms with E-state index >= 15 is 0 Å². The maximum atomic E-state index is 12.7. The lowest BCUT2D eigenvalue weighted by Crippen LogP contribution is -2.35. The van der Waals surface area contributed by atoms with Crippen molar-refractivity contribution in [1.29, 1.82) is 0 Å². The van der Waals surface area contributed by atoms with Crippen LogP contribution in [-0.4, -0.2) is 45.4 Å².